The van der Waals surface area contributed by atoms with Crippen molar-refractivity contribution in [3.8, 4) is 11.4 Å². The lowest BCUT2D eigenvalue weighted by Gasteiger charge is -2.12. The summed E-state index contributed by atoms with van der Waals surface area (Å²) in [6, 6.07) is 15.0. The van der Waals surface area contributed by atoms with Crippen LogP contribution < -0.4 is 10.3 Å². The summed E-state index contributed by atoms with van der Waals surface area (Å²) in [6.45, 7) is 2.21. The average Bonchev–Trinajstić information content (AvgIpc) is 2.78. The summed E-state index contributed by atoms with van der Waals surface area (Å²) in [5.41, 5.74) is 2.40. The Morgan fingerprint density at radius 3 is 2.54 bits per heavy atom. The van der Waals surface area contributed by atoms with Gasteiger partial charge in [-0.3, -0.25) is 9.48 Å². The molecule has 1 heterocycles. The van der Waals surface area contributed by atoms with E-state index in [-0.39, 0.29) is 12.2 Å². The highest BCUT2D eigenvalue weighted by Gasteiger charge is 2.17. The van der Waals surface area contributed by atoms with Crippen molar-refractivity contribution in [2.75, 3.05) is 0 Å². The maximum atomic E-state index is 12.6. The second kappa shape index (κ2) is 6.87. The molecule has 0 amide bonds. The molecule has 0 fully saturated rings. The fourth-order valence-corrected chi connectivity index (χ4v) is 3.32. The van der Waals surface area contributed by atoms with Crippen molar-refractivity contribution in [2.24, 2.45) is 7.05 Å². The minimum absolute atomic E-state index is 0.116. The van der Waals surface area contributed by atoms with Crippen LogP contribution in [-0.2, 0) is 13.7 Å². The van der Waals surface area contributed by atoms with Crippen LogP contribution >= 0.6 is 27.5 Å². The molecule has 0 unspecified atom stereocenters. The molecular weight excluding hydrogens is 392 g/mol. The molecule has 3 aromatic rings. The fraction of sp³-hybridized carbons (Fsp3) is 0.167. The fourth-order valence-electron chi connectivity index (χ4n) is 2.55. The summed E-state index contributed by atoms with van der Waals surface area (Å²) < 4.78 is 9.79. The van der Waals surface area contributed by atoms with E-state index < -0.39 is 0 Å². The SMILES string of the molecule is Cc1cc(Cl)ccc1OCc1c(Br)c(=O)n(-c2ccccc2)n1C. The molecule has 4 nitrogen and oxygen atoms in total. The lowest BCUT2D eigenvalue weighted by molar-refractivity contribution is 0.290. The minimum atomic E-state index is -0.116. The molecule has 0 aliphatic rings. The molecule has 24 heavy (non-hydrogen) atoms. The van der Waals surface area contributed by atoms with Gasteiger partial charge in [-0.1, -0.05) is 29.8 Å². The summed E-state index contributed by atoms with van der Waals surface area (Å²) in [7, 11) is 1.84. The highest BCUT2D eigenvalue weighted by atomic mass is 79.9. The Labute approximate surface area is 153 Å². The third-order valence-corrected chi connectivity index (χ3v) is 4.86. The summed E-state index contributed by atoms with van der Waals surface area (Å²) in [5, 5.41) is 0.670. The molecule has 0 saturated carbocycles. The van der Waals surface area contributed by atoms with Crippen LogP contribution in [0, 0.1) is 6.92 Å². The van der Waals surface area contributed by atoms with Crippen LogP contribution in [0.4, 0.5) is 0 Å². The van der Waals surface area contributed by atoms with Gasteiger partial charge >= 0.3 is 0 Å². The van der Waals surface area contributed by atoms with Crippen molar-refractivity contribution in [3.05, 3.63) is 79.6 Å². The number of rotatable bonds is 4. The first kappa shape index (κ1) is 16.9. The highest BCUT2D eigenvalue weighted by Crippen LogP contribution is 2.24. The topological polar surface area (TPSA) is 36.2 Å². The Morgan fingerprint density at radius 2 is 1.88 bits per heavy atom. The van der Waals surface area contributed by atoms with Crippen molar-refractivity contribution >= 4 is 27.5 Å². The monoisotopic (exact) mass is 406 g/mol. The van der Waals surface area contributed by atoms with Crippen LogP contribution in [0.5, 0.6) is 5.75 Å². The first-order chi connectivity index (χ1) is 11.5. The lowest BCUT2D eigenvalue weighted by Crippen LogP contribution is -2.19. The Balaban J connectivity index is 1.94. The van der Waals surface area contributed by atoms with Crippen LogP contribution in [0.1, 0.15) is 11.3 Å². The van der Waals surface area contributed by atoms with Crippen molar-refractivity contribution in [1.82, 2.24) is 9.36 Å². The van der Waals surface area contributed by atoms with E-state index in [4.69, 9.17) is 16.3 Å². The standard InChI is InChI=1S/C18H16BrClN2O2/c1-12-10-13(20)8-9-16(12)24-11-15-17(19)18(23)22(21(15)2)14-6-4-3-5-7-14/h3-10H,11H2,1-2H3. The number of nitrogens with zero attached hydrogens (tertiary/aromatic N) is 2. The van der Waals surface area contributed by atoms with E-state index >= 15 is 0 Å². The van der Waals surface area contributed by atoms with Gasteiger partial charge in [0.1, 0.15) is 16.8 Å². The molecule has 0 bridgehead atoms. The second-order valence-corrected chi connectivity index (χ2v) is 6.66. The minimum Gasteiger partial charge on any atom is -0.487 e. The molecule has 6 heteroatoms. The predicted octanol–water partition coefficient (Wildman–Crippen LogP) is 4.48. The van der Waals surface area contributed by atoms with Gasteiger partial charge in [0.2, 0.25) is 0 Å². The zero-order chi connectivity index (χ0) is 17.3. The molecule has 0 spiro atoms. The molecule has 124 valence electrons. The largest absolute Gasteiger partial charge is 0.487 e. The van der Waals surface area contributed by atoms with Crippen molar-refractivity contribution in [1.29, 1.82) is 0 Å². The molecule has 0 atom stereocenters. The van der Waals surface area contributed by atoms with Crippen LogP contribution in [-0.4, -0.2) is 9.36 Å². The Morgan fingerprint density at radius 1 is 1.17 bits per heavy atom. The third-order valence-electron chi connectivity index (χ3n) is 3.83. The molecule has 0 aliphatic carbocycles. The van der Waals surface area contributed by atoms with Gasteiger partial charge in [0, 0.05) is 12.1 Å². The van der Waals surface area contributed by atoms with Gasteiger partial charge in [-0.05, 0) is 58.7 Å². The number of halogens is 2. The van der Waals surface area contributed by atoms with Crippen molar-refractivity contribution < 1.29 is 4.74 Å². The molecule has 0 N–H and O–H groups in total. The molecule has 3 rings (SSSR count). The Bertz CT molecular complexity index is 932. The van der Waals surface area contributed by atoms with Gasteiger partial charge in [-0.15, -0.1) is 0 Å². The van der Waals surface area contributed by atoms with E-state index in [1.807, 2.05) is 56.4 Å². The molecule has 2 aromatic carbocycles. The van der Waals surface area contributed by atoms with Crippen LogP contribution in [0.15, 0.2) is 57.8 Å². The van der Waals surface area contributed by atoms with Gasteiger partial charge in [-0.25, -0.2) is 4.68 Å². The molecule has 0 saturated heterocycles. The normalized spacial score (nSPS) is 10.8. The quantitative estimate of drug-likeness (QED) is 0.639. The first-order valence-corrected chi connectivity index (χ1v) is 8.57. The van der Waals surface area contributed by atoms with Gasteiger partial charge < -0.3 is 4.74 Å². The average molecular weight is 408 g/mol. The van der Waals surface area contributed by atoms with E-state index in [1.165, 1.54) is 0 Å². The lowest BCUT2D eigenvalue weighted by atomic mass is 10.2. The molecule has 0 aliphatic heterocycles. The van der Waals surface area contributed by atoms with Gasteiger partial charge in [-0.2, -0.15) is 0 Å². The summed E-state index contributed by atoms with van der Waals surface area (Å²) in [5.74, 6) is 0.742. The van der Waals surface area contributed by atoms with Crippen molar-refractivity contribution in [3.63, 3.8) is 0 Å². The number of hydrogen-bond acceptors (Lipinski definition) is 2. The number of ether oxygens (including phenoxy) is 1. The maximum Gasteiger partial charge on any atom is 0.286 e. The van der Waals surface area contributed by atoms with E-state index in [1.54, 1.807) is 15.4 Å². The number of benzene rings is 2. The van der Waals surface area contributed by atoms with Crippen LogP contribution in [0.2, 0.25) is 5.02 Å². The summed E-state index contributed by atoms with van der Waals surface area (Å²) in [4.78, 5) is 12.6. The van der Waals surface area contributed by atoms with E-state index in [0.29, 0.717) is 9.50 Å². The number of aryl methyl sites for hydroxylation is 1. The van der Waals surface area contributed by atoms with Crippen LogP contribution in [0.3, 0.4) is 0 Å². The number of aromatic nitrogens is 2. The van der Waals surface area contributed by atoms with E-state index in [0.717, 1.165) is 22.7 Å². The molecule has 1 aromatic heterocycles. The molecule has 0 radical (unpaired) electrons. The second-order valence-electron chi connectivity index (χ2n) is 5.44. The van der Waals surface area contributed by atoms with Gasteiger partial charge in [0.15, 0.2) is 0 Å². The summed E-state index contributed by atoms with van der Waals surface area (Å²) in [6.07, 6.45) is 0. The predicted molar refractivity (Wildman–Crippen MR) is 99.2 cm³/mol. The summed E-state index contributed by atoms with van der Waals surface area (Å²) >= 11 is 9.36. The Hall–Kier alpha value is -1.98. The van der Waals surface area contributed by atoms with Crippen molar-refractivity contribution in [2.45, 2.75) is 13.5 Å². The van der Waals surface area contributed by atoms with Crippen LogP contribution in [0.25, 0.3) is 5.69 Å². The zero-order valence-corrected chi connectivity index (χ0v) is 15.6. The van der Waals surface area contributed by atoms with E-state index in [2.05, 4.69) is 15.9 Å². The number of para-hydroxylation sites is 1. The first-order valence-electron chi connectivity index (χ1n) is 7.40. The van der Waals surface area contributed by atoms with Gasteiger partial charge in [0.05, 0.1) is 11.4 Å². The Kier molecular flexibility index (Phi) is 4.83. The number of hydrogen-bond donors (Lipinski definition) is 0. The smallest absolute Gasteiger partial charge is 0.286 e. The molecular formula is C18H16BrClN2O2. The maximum absolute atomic E-state index is 12.6. The third kappa shape index (κ3) is 3.14. The van der Waals surface area contributed by atoms with Gasteiger partial charge in [0.25, 0.3) is 5.56 Å². The highest BCUT2D eigenvalue weighted by molar-refractivity contribution is 9.10. The zero-order valence-electron chi connectivity index (χ0n) is 13.3. The van der Waals surface area contributed by atoms with E-state index in [9.17, 15) is 4.79 Å².